The van der Waals surface area contributed by atoms with Gasteiger partial charge >= 0.3 is 0 Å². The molecule has 0 aliphatic heterocycles. The Labute approximate surface area is 106 Å². The summed E-state index contributed by atoms with van der Waals surface area (Å²) in [4.78, 5) is 11.9. The Morgan fingerprint density at radius 2 is 2.17 bits per heavy atom. The van der Waals surface area contributed by atoms with Crippen molar-refractivity contribution in [3.8, 4) is 5.75 Å². The number of phenols is 1. The van der Waals surface area contributed by atoms with E-state index in [1.807, 2.05) is 13.8 Å². The fourth-order valence-corrected chi connectivity index (χ4v) is 1.71. The lowest BCUT2D eigenvalue weighted by Gasteiger charge is -2.16. The van der Waals surface area contributed by atoms with Crippen LogP contribution in [-0.4, -0.2) is 17.6 Å². The van der Waals surface area contributed by atoms with Gasteiger partial charge in [0, 0.05) is 18.3 Å². The minimum Gasteiger partial charge on any atom is -0.505 e. The Bertz CT molecular complexity index is 421. The summed E-state index contributed by atoms with van der Waals surface area (Å²) in [6.45, 7) is 4.27. The Morgan fingerprint density at radius 1 is 1.50 bits per heavy atom. The smallest absolute Gasteiger partial charge is 0.228 e. The van der Waals surface area contributed by atoms with E-state index in [9.17, 15) is 9.18 Å². The van der Waals surface area contributed by atoms with Crippen LogP contribution in [0.25, 0.3) is 0 Å². The lowest BCUT2D eigenvalue weighted by molar-refractivity contribution is -0.120. The summed E-state index contributed by atoms with van der Waals surface area (Å²) in [5, 5.41) is 11.6. The molecule has 1 aromatic rings. The van der Waals surface area contributed by atoms with E-state index in [1.165, 1.54) is 12.1 Å². The van der Waals surface area contributed by atoms with Crippen molar-refractivity contribution in [2.24, 2.45) is 17.6 Å². The zero-order chi connectivity index (χ0) is 13.7. The first-order chi connectivity index (χ1) is 8.43. The third-order valence-corrected chi connectivity index (χ3v) is 2.63. The molecular weight excluding hydrogens is 235 g/mol. The van der Waals surface area contributed by atoms with Crippen LogP contribution in [0.2, 0.25) is 0 Å². The van der Waals surface area contributed by atoms with E-state index in [2.05, 4.69) is 5.32 Å². The predicted molar refractivity (Wildman–Crippen MR) is 68.7 cm³/mol. The normalized spacial score (nSPS) is 12.5. The van der Waals surface area contributed by atoms with Gasteiger partial charge in [-0.3, -0.25) is 4.79 Å². The second kappa shape index (κ2) is 6.35. The average Bonchev–Trinajstić information content (AvgIpc) is 2.30. The Kier molecular flexibility index (Phi) is 5.09. The van der Waals surface area contributed by atoms with Crippen molar-refractivity contribution in [3.05, 3.63) is 24.0 Å². The number of phenolic OH excluding ortho intramolecular Hbond substituents is 1. The van der Waals surface area contributed by atoms with Crippen LogP contribution < -0.4 is 11.1 Å². The molecule has 4 nitrogen and oxygen atoms in total. The molecule has 0 saturated heterocycles. The van der Waals surface area contributed by atoms with Crippen molar-refractivity contribution in [3.63, 3.8) is 0 Å². The first-order valence-corrected chi connectivity index (χ1v) is 5.93. The fraction of sp³-hybridized carbons (Fsp3) is 0.462. The van der Waals surface area contributed by atoms with Crippen LogP contribution in [0.3, 0.4) is 0 Å². The van der Waals surface area contributed by atoms with Crippen molar-refractivity contribution >= 4 is 11.6 Å². The molecule has 4 N–H and O–H groups in total. The number of halogens is 1. The summed E-state index contributed by atoms with van der Waals surface area (Å²) in [5.74, 6) is -1.36. The van der Waals surface area contributed by atoms with Crippen LogP contribution in [0, 0.1) is 17.7 Å². The van der Waals surface area contributed by atoms with Crippen molar-refractivity contribution in [2.75, 3.05) is 11.9 Å². The van der Waals surface area contributed by atoms with Gasteiger partial charge in [0.25, 0.3) is 0 Å². The van der Waals surface area contributed by atoms with Gasteiger partial charge < -0.3 is 16.2 Å². The summed E-state index contributed by atoms with van der Waals surface area (Å²) < 4.78 is 13.1. The largest absolute Gasteiger partial charge is 0.505 e. The number of rotatable bonds is 5. The van der Waals surface area contributed by atoms with Crippen molar-refractivity contribution < 1.29 is 14.3 Å². The van der Waals surface area contributed by atoms with E-state index in [0.717, 1.165) is 6.07 Å². The molecule has 0 radical (unpaired) electrons. The first kappa shape index (κ1) is 14.4. The van der Waals surface area contributed by atoms with Gasteiger partial charge in [-0.25, -0.2) is 4.39 Å². The highest BCUT2D eigenvalue weighted by molar-refractivity contribution is 5.92. The van der Waals surface area contributed by atoms with Gasteiger partial charge in [0.1, 0.15) is 0 Å². The second-order valence-corrected chi connectivity index (χ2v) is 4.72. The molecule has 0 aromatic heterocycles. The molecule has 1 amide bonds. The zero-order valence-electron chi connectivity index (χ0n) is 10.6. The summed E-state index contributed by atoms with van der Waals surface area (Å²) in [5.41, 5.74) is 5.87. The van der Waals surface area contributed by atoms with E-state index >= 15 is 0 Å². The molecule has 1 aromatic carbocycles. The minimum absolute atomic E-state index is 0.226. The number of nitrogens with two attached hydrogens (primary N) is 1. The van der Waals surface area contributed by atoms with Crippen LogP contribution in [-0.2, 0) is 4.79 Å². The number of benzene rings is 1. The SMILES string of the molecule is CC(C)CC(CN)C(=O)Nc1ccc(O)c(F)c1. The highest BCUT2D eigenvalue weighted by Crippen LogP contribution is 2.20. The van der Waals surface area contributed by atoms with Gasteiger partial charge in [0.2, 0.25) is 5.91 Å². The number of carbonyl (C=O) groups is 1. The maximum Gasteiger partial charge on any atom is 0.228 e. The number of hydrogen-bond acceptors (Lipinski definition) is 3. The van der Waals surface area contributed by atoms with E-state index < -0.39 is 11.6 Å². The van der Waals surface area contributed by atoms with Gasteiger partial charge in [0.05, 0.1) is 5.92 Å². The molecule has 0 aliphatic rings. The topological polar surface area (TPSA) is 75.4 Å². The van der Waals surface area contributed by atoms with Gasteiger partial charge in [-0.15, -0.1) is 0 Å². The molecule has 100 valence electrons. The minimum atomic E-state index is -0.763. The lowest BCUT2D eigenvalue weighted by Crippen LogP contribution is -2.30. The number of hydrogen-bond donors (Lipinski definition) is 3. The molecule has 0 bridgehead atoms. The molecule has 0 fully saturated rings. The van der Waals surface area contributed by atoms with Gasteiger partial charge in [-0.05, 0) is 24.5 Å². The number of amides is 1. The molecule has 1 rings (SSSR count). The number of nitrogens with one attached hydrogen (secondary N) is 1. The fourth-order valence-electron chi connectivity index (χ4n) is 1.71. The quantitative estimate of drug-likeness (QED) is 0.704. The predicted octanol–water partition coefficient (Wildman–Crippen LogP) is 2.09. The summed E-state index contributed by atoms with van der Waals surface area (Å²) >= 11 is 0. The third-order valence-electron chi connectivity index (χ3n) is 2.63. The van der Waals surface area contributed by atoms with Gasteiger partial charge in [-0.1, -0.05) is 13.8 Å². The number of anilines is 1. The van der Waals surface area contributed by atoms with Crippen molar-refractivity contribution in [2.45, 2.75) is 20.3 Å². The van der Waals surface area contributed by atoms with Crippen LogP contribution in [0.5, 0.6) is 5.75 Å². The second-order valence-electron chi connectivity index (χ2n) is 4.72. The van der Waals surface area contributed by atoms with Crippen LogP contribution >= 0.6 is 0 Å². The van der Waals surface area contributed by atoms with Crippen LogP contribution in [0.1, 0.15) is 20.3 Å². The summed E-state index contributed by atoms with van der Waals surface area (Å²) in [6.07, 6.45) is 0.683. The molecule has 0 heterocycles. The van der Waals surface area contributed by atoms with Crippen LogP contribution in [0.4, 0.5) is 10.1 Å². The Hall–Kier alpha value is -1.62. The zero-order valence-corrected chi connectivity index (χ0v) is 10.6. The molecule has 0 saturated carbocycles. The molecule has 0 aliphatic carbocycles. The molecule has 0 spiro atoms. The number of aromatic hydroxyl groups is 1. The van der Waals surface area contributed by atoms with Gasteiger partial charge in [-0.2, -0.15) is 0 Å². The van der Waals surface area contributed by atoms with Crippen LogP contribution in [0.15, 0.2) is 18.2 Å². The molecule has 18 heavy (non-hydrogen) atoms. The summed E-state index contributed by atoms with van der Waals surface area (Å²) in [6, 6.07) is 3.72. The van der Waals surface area contributed by atoms with E-state index in [1.54, 1.807) is 0 Å². The third kappa shape index (κ3) is 4.00. The molecular formula is C13H19FN2O2. The van der Waals surface area contributed by atoms with Gasteiger partial charge in [0.15, 0.2) is 11.6 Å². The highest BCUT2D eigenvalue weighted by Gasteiger charge is 2.18. The maximum atomic E-state index is 13.1. The molecule has 1 unspecified atom stereocenters. The molecule has 1 atom stereocenters. The maximum absolute atomic E-state index is 13.1. The first-order valence-electron chi connectivity index (χ1n) is 5.93. The lowest BCUT2D eigenvalue weighted by atomic mass is 9.96. The summed E-state index contributed by atoms with van der Waals surface area (Å²) in [7, 11) is 0. The van der Waals surface area contributed by atoms with Crippen molar-refractivity contribution in [1.29, 1.82) is 0 Å². The Balaban J connectivity index is 2.70. The van der Waals surface area contributed by atoms with E-state index in [0.29, 0.717) is 18.0 Å². The van der Waals surface area contributed by atoms with Crippen molar-refractivity contribution in [1.82, 2.24) is 0 Å². The highest BCUT2D eigenvalue weighted by atomic mass is 19.1. The average molecular weight is 254 g/mol. The number of carbonyl (C=O) groups excluding carboxylic acids is 1. The standard InChI is InChI=1S/C13H19FN2O2/c1-8(2)5-9(7-15)13(18)16-10-3-4-12(17)11(14)6-10/h3-4,6,8-9,17H,5,7,15H2,1-2H3,(H,16,18). The van der Waals surface area contributed by atoms with E-state index in [-0.39, 0.29) is 18.4 Å². The van der Waals surface area contributed by atoms with E-state index in [4.69, 9.17) is 10.8 Å². The Morgan fingerprint density at radius 3 is 2.67 bits per heavy atom. The monoisotopic (exact) mass is 254 g/mol. The molecule has 5 heteroatoms.